The lowest BCUT2D eigenvalue weighted by atomic mass is 9.92. The number of carbonyl (C=O) groups excluding carboxylic acids is 1. The molecule has 1 aliphatic rings. The average Bonchev–Trinajstić information content (AvgIpc) is 2.99. The molecule has 0 fully saturated rings. The SMILES string of the molecule is CC(C)(C)n1ncc2c1CCC[C@H]2NC(=O)CCc1ccccc1O. The molecule has 5 heteroatoms. The van der Waals surface area contributed by atoms with Gasteiger partial charge < -0.3 is 10.4 Å². The summed E-state index contributed by atoms with van der Waals surface area (Å²) >= 11 is 0. The van der Waals surface area contributed by atoms with Gasteiger partial charge in [-0.2, -0.15) is 5.10 Å². The van der Waals surface area contributed by atoms with E-state index < -0.39 is 0 Å². The number of phenolic OH excluding ortho intramolecular Hbond substituents is 1. The van der Waals surface area contributed by atoms with Crippen LogP contribution in [0.3, 0.4) is 0 Å². The number of para-hydroxylation sites is 1. The van der Waals surface area contributed by atoms with Crippen LogP contribution in [0.25, 0.3) is 0 Å². The molecule has 1 aromatic carbocycles. The molecule has 1 heterocycles. The molecule has 0 saturated carbocycles. The Bertz CT molecular complexity index is 759. The molecule has 0 radical (unpaired) electrons. The van der Waals surface area contributed by atoms with Crippen molar-refractivity contribution in [3.05, 3.63) is 47.3 Å². The zero-order valence-electron chi connectivity index (χ0n) is 15.2. The standard InChI is InChI=1S/C20H27N3O2/c1-20(2,3)23-17-9-6-8-16(15(17)13-21-23)22-19(25)12-11-14-7-4-5-10-18(14)24/h4-5,7,10,13,16,24H,6,8-9,11-12H2,1-3H3,(H,22,25)/t16-/m1/s1. The molecule has 1 aromatic heterocycles. The molecule has 25 heavy (non-hydrogen) atoms. The van der Waals surface area contributed by atoms with Crippen LogP contribution in [-0.2, 0) is 23.2 Å². The lowest BCUT2D eigenvalue weighted by Crippen LogP contribution is -2.32. The summed E-state index contributed by atoms with van der Waals surface area (Å²) in [6.45, 7) is 6.44. The van der Waals surface area contributed by atoms with Gasteiger partial charge in [-0.1, -0.05) is 18.2 Å². The van der Waals surface area contributed by atoms with Crippen LogP contribution in [0.4, 0.5) is 0 Å². The molecule has 0 saturated heterocycles. The third-order valence-electron chi connectivity index (χ3n) is 4.77. The zero-order chi connectivity index (χ0) is 18.0. The highest BCUT2D eigenvalue weighted by Crippen LogP contribution is 2.32. The minimum atomic E-state index is -0.0513. The van der Waals surface area contributed by atoms with Crippen molar-refractivity contribution in [1.29, 1.82) is 0 Å². The first-order chi connectivity index (χ1) is 11.9. The summed E-state index contributed by atoms with van der Waals surface area (Å²) in [7, 11) is 0. The number of benzene rings is 1. The lowest BCUT2D eigenvalue weighted by molar-refractivity contribution is -0.121. The van der Waals surface area contributed by atoms with E-state index in [0.717, 1.165) is 30.4 Å². The highest BCUT2D eigenvalue weighted by atomic mass is 16.3. The number of nitrogens with zero attached hydrogens (tertiary/aromatic N) is 2. The van der Waals surface area contributed by atoms with Gasteiger partial charge in [-0.25, -0.2) is 0 Å². The van der Waals surface area contributed by atoms with Crippen molar-refractivity contribution in [2.75, 3.05) is 0 Å². The van der Waals surface area contributed by atoms with Crippen molar-refractivity contribution in [2.24, 2.45) is 0 Å². The van der Waals surface area contributed by atoms with Gasteiger partial charge in [-0.05, 0) is 58.1 Å². The molecule has 0 unspecified atom stereocenters. The van der Waals surface area contributed by atoms with Crippen molar-refractivity contribution < 1.29 is 9.90 Å². The van der Waals surface area contributed by atoms with Crippen LogP contribution in [0.15, 0.2) is 30.5 Å². The van der Waals surface area contributed by atoms with Gasteiger partial charge in [-0.3, -0.25) is 9.48 Å². The number of rotatable bonds is 4. The van der Waals surface area contributed by atoms with Gasteiger partial charge in [0.05, 0.1) is 17.8 Å². The summed E-state index contributed by atoms with van der Waals surface area (Å²) in [6.07, 6.45) is 5.84. The summed E-state index contributed by atoms with van der Waals surface area (Å²) in [5, 5.41) is 17.5. The van der Waals surface area contributed by atoms with Gasteiger partial charge in [0.1, 0.15) is 5.75 Å². The van der Waals surface area contributed by atoms with E-state index in [-0.39, 0.29) is 23.2 Å². The van der Waals surface area contributed by atoms with Crippen molar-refractivity contribution in [3.8, 4) is 5.75 Å². The Hall–Kier alpha value is -2.30. The van der Waals surface area contributed by atoms with Crippen LogP contribution < -0.4 is 5.32 Å². The Balaban J connectivity index is 1.66. The zero-order valence-corrected chi connectivity index (χ0v) is 15.2. The Labute approximate surface area is 149 Å². The molecule has 2 aromatic rings. The molecule has 0 spiro atoms. The Morgan fingerprint density at radius 1 is 1.36 bits per heavy atom. The highest BCUT2D eigenvalue weighted by Gasteiger charge is 2.28. The van der Waals surface area contributed by atoms with Gasteiger partial charge in [0.25, 0.3) is 0 Å². The smallest absolute Gasteiger partial charge is 0.220 e. The summed E-state index contributed by atoms with van der Waals surface area (Å²) in [5.74, 6) is 0.270. The minimum absolute atomic E-state index is 0.0182. The maximum atomic E-state index is 12.4. The number of phenols is 1. The number of amides is 1. The molecule has 134 valence electrons. The third kappa shape index (κ3) is 3.86. The monoisotopic (exact) mass is 341 g/mol. The Kier molecular flexibility index (Phi) is 4.84. The van der Waals surface area contributed by atoms with E-state index in [2.05, 4.69) is 35.9 Å². The van der Waals surface area contributed by atoms with Gasteiger partial charge in [-0.15, -0.1) is 0 Å². The first kappa shape index (κ1) is 17.5. The molecule has 1 atom stereocenters. The van der Waals surface area contributed by atoms with E-state index in [9.17, 15) is 9.90 Å². The quantitative estimate of drug-likeness (QED) is 0.895. The van der Waals surface area contributed by atoms with Gasteiger partial charge in [0.15, 0.2) is 0 Å². The van der Waals surface area contributed by atoms with E-state index >= 15 is 0 Å². The maximum Gasteiger partial charge on any atom is 0.220 e. The number of carbonyl (C=O) groups is 1. The number of hydrogen-bond acceptors (Lipinski definition) is 3. The summed E-state index contributed by atoms with van der Waals surface area (Å²) in [4.78, 5) is 12.4. The number of aromatic nitrogens is 2. The van der Waals surface area contributed by atoms with E-state index in [0.29, 0.717) is 12.8 Å². The van der Waals surface area contributed by atoms with Crippen LogP contribution in [0.1, 0.15) is 62.9 Å². The van der Waals surface area contributed by atoms with Gasteiger partial charge in [0, 0.05) is 17.7 Å². The highest BCUT2D eigenvalue weighted by molar-refractivity contribution is 5.77. The lowest BCUT2D eigenvalue weighted by Gasteiger charge is -2.28. The number of aromatic hydroxyl groups is 1. The summed E-state index contributed by atoms with van der Waals surface area (Å²) in [5.41, 5.74) is 3.15. The predicted octanol–water partition coefficient (Wildman–Crippen LogP) is 3.47. The van der Waals surface area contributed by atoms with Gasteiger partial charge in [0.2, 0.25) is 5.91 Å². The first-order valence-electron chi connectivity index (χ1n) is 9.00. The number of aryl methyl sites for hydroxylation is 1. The fraction of sp³-hybridized carbons (Fsp3) is 0.500. The van der Waals surface area contributed by atoms with Crippen LogP contribution in [-0.4, -0.2) is 20.8 Å². The Morgan fingerprint density at radius 2 is 2.12 bits per heavy atom. The normalized spacial score (nSPS) is 17.2. The minimum Gasteiger partial charge on any atom is -0.508 e. The van der Waals surface area contributed by atoms with Gasteiger partial charge >= 0.3 is 0 Å². The second kappa shape index (κ2) is 6.90. The van der Waals surface area contributed by atoms with Crippen molar-refractivity contribution in [3.63, 3.8) is 0 Å². The Morgan fingerprint density at radius 3 is 2.84 bits per heavy atom. The molecule has 3 rings (SSSR count). The first-order valence-corrected chi connectivity index (χ1v) is 9.00. The molecule has 2 N–H and O–H groups in total. The fourth-order valence-corrected chi connectivity index (χ4v) is 3.52. The summed E-state index contributed by atoms with van der Waals surface area (Å²) < 4.78 is 2.09. The topological polar surface area (TPSA) is 67.2 Å². The molecular formula is C20H27N3O2. The molecule has 1 amide bonds. The van der Waals surface area contributed by atoms with E-state index in [4.69, 9.17) is 0 Å². The van der Waals surface area contributed by atoms with Crippen LogP contribution in [0.5, 0.6) is 5.75 Å². The number of nitrogens with one attached hydrogen (secondary N) is 1. The average molecular weight is 341 g/mol. The van der Waals surface area contributed by atoms with Crippen LogP contribution >= 0.6 is 0 Å². The third-order valence-corrected chi connectivity index (χ3v) is 4.77. The maximum absolute atomic E-state index is 12.4. The van der Waals surface area contributed by atoms with Crippen molar-refractivity contribution in [1.82, 2.24) is 15.1 Å². The molecule has 0 aliphatic heterocycles. The largest absolute Gasteiger partial charge is 0.508 e. The predicted molar refractivity (Wildman–Crippen MR) is 97.5 cm³/mol. The van der Waals surface area contributed by atoms with Crippen molar-refractivity contribution in [2.45, 2.75) is 64.5 Å². The summed E-state index contributed by atoms with van der Waals surface area (Å²) in [6, 6.07) is 7.21. The van der Waals surface area contributed by atoms with E-state index in [1.165, 1.54) is 5.69 Å². The second-order valence-corrected chi connectivity index (χ2v) is 7.77. The number of hydrogen-bond donors (Lipinski definition) is 2. The second-order valence-electron chi connectivity index (χ2n) is 7.77. The van der Waals surface area contributed by atoms with Crippen LogP contribution in [0.2, 0.25) is 0 Å². The molecule has 5 nitrogen and oxygen atoms in total. The van der Waals surface area contributed by atoms with Crippen LogP contribution in [0, 0.1) is 0 Å². The fourth-order valence-electron chi connectivity index (χ4n) is 3.52. The number of fused-ring (bicyclic) bond motifs is 1. The van der Waals surface area contributed by atoms with Crippen molar-refractivity contribution >= 4 is 5.91 Å². The van der Waals surface area contributed by atoms with E-state index in [1.807, 2.05) is 18.3 Å². The molecule has 1 aliphatic carbocycles. The molecular weight excluding hydrogens is 314 g/mol. The molecule has 0 bridgehead atoms. The van der Waals surface area contributed by atoms with E-state index in [1.54, 1.807) is 12.1 Å².